The van der Waals surface area contributed by atoms with Gasteiger partial charge in [-0.1, -0.05) is 0 Å². The monoisotopic (exact) mass is 313 g/mol. The van der Waals surface area contributed by atoms with Crippen LogP contribution in [0.25, 0.3) is 5.70 Å². The second-order valence-electron chi connectivity index (χ2n) is 4.86. The molecular weight excluding hydrogens is 297 g/mol. The van der Waals surface area contributed by atoms with Gasteiger partial charge in [0.25, 0.3) is 5.69 Å². The van der Waals surface area contributed by atoms with E-state index in [4.69, 9.17) is 0 Å². The molecule has 0 bridgehead atoms. The summed E-state index contributed by atoms with van der Waals surface area (Å²) in [5.41, 5.74) is 3.01. The zero-order valence-corrected chi connectivity index (χ0v) is 12.8. The molecule has 0 atom stereocenters. The van der Waals surface area contributed by atoms with Gasteiger partial charge in [0.05, 0.1) is 4.92 Å². The number of halogens is 1. The Hall–Kier alpha value is -3.02. The fraction of sp³-hybridized carbons (Fsp3) is 0.118. The van der Waals surface area contributed by atoms with Gasteiger partial charge in [0, 0.05) is 36.3 Å². The van der Waals surface area contributed by atoms with Crippen molar-refractivity contribution in [2.75, 3.05) is 12.4 Å². The minimum absolute atomic E-state index is 0.0224. The van der Waals surface area contributed by atoms with Crippen molar-refractivity contribution in [3.63, 3.8) is 0 Å². The molecule has 6 heteroatoms. The summed E-state index contributed by atoms with van der Waals surface area (Å²) in [6.45, 7) is 1.85. The Balaban J connectivity index is 2.33. The minimum atomic E-state index is -0.450. The smallest absolute Gasteiger partial charge is 0.269 e. The van der Waals surface area contributed by atoms with E-state index in [1.807, 2.05) is 13.0 Å². The van der Waals surface area contributed by atoms with Crippen LogP contribution >= 0.6 is 0 Å². The molecule has 2 aromatic rings. The number of anilines is 1. The van der Waals surface area contributed by atoms with Crippen molar-refractivity contribution in [3.8, 4) is 0 Å². The summed E-state index contributed by atoms with van der Waals surface area (Å²) in [5.74, 6) is -0.315. The van der Waals surface area contributed by atoms with Crippen molar-refractivity contribution in [2.45, 2.75) is 6.92 Å². The van der Waals surface area contributed by atoms with Crippen molar-refractivity contribution in [3.05, 3.63) is 76.1 Å². The van der Waals surface area contributed by atoms with Crippen LogP contribution in [-0.4, -0.2) is 17.7 Å². The van der Waals surface area contributed by atoms with E-state index in [-0.39, 0.29) is 11.5 Å². The quantitative estimate of drug-likeness (QED) is 0.509. The maximum absolute atomic E-state index is 13.1. The summed E-state index contributed by atoms with van der Waals surface area (Å²) in [6, 6.07) is 12.1. The predicted molar refractivity (Wildman–Crippen MR) is 90.1 cm³/mol. The van der Waals surface area contributed by atoms with Crippen molar-refractivity contribution >= 4 is 22.8 Å². The Bertz CT molecular complexity index is 750. The molecule has 0 aliphatic heterocycles. The molecule has 0 heterocycles. The second kappa shape index (κ2) is 7.31. The molecule has 118 valence electrons. The van der Waals surface area contributed by atoms with Gasteiger partial charge >= 0.3 is 0 Å². The van der Waals surface area contributed by atoms with Gasteiger partial charge in [0.2, 0.25) is 0 Å². The van der Waals surface area contributed by atoms with Crippen molar-refractivity contribution in [2.24, 2.45) is 4.99 Å². The van der Waals surface area contributed by atoms with E-state index in [0.717, 1.165) is 17.0 Å². The molecular formula is C17H16FN3O2. The third kappa shape index (κ3) is 4.47. The van der Waals surface area contributed by atoms with Crippen LogP contribution < -0.4 is 5.32 Å². The van der Waals surface area contributed by atoms with Gasteiger partial charge in [0.15, 0.2) is 0 Å². The van der Waals surface area contributed by atoms with Crippen molar-refractivity contribution in [1.82, 2.24) is 0 Å². The molecule has 0 saturated carbocycles. The number of nitro benzene ring substituents is 1. The molecule has 0 aliphatic rings. The third-order valence-electron chi connectivity index (χ3n) is 3.22. The van der Waals surface area contributed by atoms with Gasteiger partial charge in [-0.3, -0.25) is 15.1 Å². The molecule has 1 N–H and O–H groups in total. The highest BCUT2D eigenvalue weighted by atomic mass is 19.1. The number of aliphatic imine (C=N–C) groups is 1. The zero-order valence-electron chi connectivity index (χ0n) is 12.8. The van der Waals surface area contributed by atoms with Crippen LogP contribution in [0, 0.1) is 15.9 Å². The van der Waals surface area contributed by atoms with E-state index < -0.39 is 4.92 Å². The molecule has 0 aliphatic carbocycles. The molecule has 0 spiro atoms. The molecule has 23 heavy (non-hydrogen) atoms. The largest absolute Gasteiger partial charge is 0.355 e. The van der Waals surface area contributed by atoms with E-state index >= 15 is 0 Å². The summed E-state index contributed by atoms with van der Waals surface area (Å²) >= 11 is 0. The summed E-state index contributed by atoms with van der Waals surface area (Å²) in [6.07, 6.45) is 1.83. The van der Waals surface area contributed by atoms with Crippen LogP contribution in [0.4, 0.5) is 15.8 Å². The summed E-state index contributed by atoms with van der Waals surface area (Å²) < 4.78 is 13.1. The van der Waals surface area contributed by atoms with Gasteiger partial charge < -0.3 is 5.32 Å². The van der Waals surface area contributed by atoms with Crippen LogP contribution in [0.1, 0.15) is 12.5 Å². The highest BCUT2D eigenvalue weighted by Gasteiger charge is 2.07. The maximum atomic E-state index is 13.1. The second-order valence-corrected chi connectivity index (χ2v) is 4.86. The molecule has 0 fully saturated rings. The predicted octanol–water partition coefficient (Wildman–Crippen LogP) is 4.28. The number of benzene rings is 2. The minimum Gasteiger partial charge on any atom is -0.355 e. The lowest BCUT2D eigenvalue weighted by molar-refractivity contribution is -0.384. The van der Waals surface area contributed by atoms with Crippen LogP contribution in [0.15, 0.2) is 59.6 Å². The molecule has 5 nitrogen and oxygen atoms in total. The first kappa shape index (κ1) is 16.4. The number of hydrogen-bond donors (Lipinski definition) is 1. The van der Waals surface area contributed by atoms with Crippen LogP contribution in [0.2, 0.25) is 0 Å². The van der Waals surface area contributed by atoms with E-state index in [2.05, 4.69) is 10.3 Å². The molecule has 2 aromatic carbocycles. The molecule has 0 saturated heterocycles. The number of nitro groups is 1. The lowest BCUT2D eigenvalue weighted by Gasteiger charge is -2.12. The SMILES string of the molecule is C/N=C(C)\C=C(/Nc1ccc([N+](=O)[O-])cc1)c1ccc(F)cc1. The van der Waals surface area contributed by atoms with Crippen LogP contribution in [-0.2, 0) is 0 Å². The van der Waals surface area contributed by atoms with Gasteiger partial charge in [-0.25, -0.2) is 4.39 Å². The Morgan fingerprint density at radius 3 is 2.30 bits per heavy atom. The Kier molecular flexibility index (Phi) is 5.19. The van der Waals surface area contributed by atoms with E-state index in [9.17, 15) is 14.5 Å². The summed E-state index contributed by atoms with van der Waals surface area (Å²) in [4.78, 5) is 14.3. The number of hydrogen-bond acceptors (Lipinski definition) is 4. The van der Waals surface area contributed by atoms with Gasteiger partial charge in [-0.15, -0.1) is 0 Å². The number of nitrogens with one attached hydrogen (secondary N) is 1. The van der Waals surface area contributed by atoms with Crippen LogP contribution in [0.3, 0.4) is 0 Å². The third-order valence-corrected chi connectivity index (χ3v) is 3.22. The fourth-order valence-electron chi connectivity index (χ4n) is 1.92. The Labute approximate surface area is 133 Å². The van der Waals surface area contributed by atoms with E-state index in [1.165, 1.54) is 24.3 Å². The molecule has 0 unspecified atom stereocenters. The summed E-state index contributed by atoms with van der Waals surface area (Å²) in [5, 5.41) is 13.9. The van der Waals surface area contributed by atoms with Crippen molar-refractivity contribution < 1.29 is 9.31 Å². The average Bonchev–Trinajstić information content (AvgIpc) is 2.55. The molecule has 0 aromatic heterocycles. The van der Waals surface area contributed by atoms with Crippen molar-refractivity contribution in [1.29, 1.82) is 0 Å². The van der Waals surface area contributed by atoms with E-state index in [0.29, 0.717) is 5.69 Å². The first-order chi connectivity index (χ1) is 11.0. The average molecular weight is 313 g/mol. The highest BCUT2D eigenvalue weighted by molar-refractivity contribution is 6.01. The normalized spacial score (nSPS) is 12.1. The number of nitrogens with zero attached hydrogens (tertiary/aromatic N) is 2. The fourth-order valence-corrected chi connectivity index (χ4v) is 1.92. The first-order valence-electron chi connectivity index (χ1n) is 6.92. The topological polar surface area (TPSA) is 67.5 Å². The molecule has 2 rings (SSSR count). The van der Waals surface area contributed by atoms with Crippen LogP contribution in [0.5, 0.6) is 0 Å². The first-order valence-corrected chi connectivity index (χ1v) is 6.92. The maximum Gasteiger partial charge on any atom is 0.269 e. The number of rotatable bonds is 5. The number of allylic oxidation sites excluding steroid dienone is 1. The molecule has 0 amide bonds. The van der Waals surface area contributed by atoms with Gasteiger partial charge in [-0.2, -0.15) is 0 Å². The number of non-ortho nitro benzene ring substituents is 1. The van der Waals surface area contributed by atoms with E-state index in [1.54, 1.807) is 31.3 Å². The van der Waals surface area contributed by atoms with Gasteiger partial charge in [0.1, 0.15) is 5.82 Å². The van der Waals surface area contributed by atoms with Gasteiger partial charge in [-0.05, 0) is 55.0 Å². The lowest BCUT2D eigenvalue weighted by atomic mass is 10.1. The molecule has 0 radical (unpaired) electrons. The Morgan fingerprint density at radius 2 is 1.78 bits per heavy atom. The lowest BCUT2D eigenvalue weighted by Crippen LogP contribution is -2.02. The summed E-state index contributed by atoms with van der Waals surface area (Å²) in [7, 11) is 1.68. The Morgan fingerprint density at radius 1 is 1.17 bits per heavy atom. The standard InChI is InChI=1S/C17H16FN3O2/c1-12(19-2)11-17(13-3-5-14(18)6-4-13)20-15-7-9-16(10-8-15)21(22)23/h3-11,20H,1-2H3/b17-11-,19-12-. The zero-order chi connectivity index (χ0) is 16.8. The highest BCUT2D eigenvalue weighted by Crippen LogP contribution is 2.21.